The molecule has 0 radical (unpaired) electrons. The van der Waals surface area contributed by atoms with Gasteiger partial charge in [0, 0.05) is 23.0 Å². The summed E-state index contributed by atoms with van der Waals surface area (Å²) in [6.45, 7) is 2.00. The third-order valence-corrected chi connectivity index (χ3v) is 4.78. The van der Waals surface area contributed by atoms with Gasteiger partial charge in [0.1, 0.15) is 5.52 Å². The Kier molecular flexibility index (Phi) is 3.77. The zero-order valence-electron chi connectivity index (χ0n) is 13.3. The summed E-state index contributed by atoms with van der Waals surface area (Å²) in [5, 5.41) is 3.71. The smallest absolute Gasteiger partial charge is 0.228 e. The summed E-state index contributed by atoms with van der Waals surface area (Å²) in [5.74, 6) is 0.915. The largest absolute Gasteiger partial charge is 0.441 e. The van der Waals surface area contributed by atoms with Gasteiger partial charge in [0.2, 0.25) is 5.91 Å². The van der Waals surface area contributed by atoms with E-state index in [1.54, 1.807) is 0 Å². The molecule has 1 fully saturated rings. The van der Waals surface area contributed by atoms with Gasteiger partial charge in [0.05, 0.1) is 0 Å². The molecule has 122 valence electrons. The lowest BCUT2D eigenvalue weighted by atomic mass is 10.1. The molecule has 4 rings (SSSR count). The number of halogens is 1. The molecule has 0 bridgehead atoms. The Morgan fingerprint density at radius 2 is 2.17 bits per heavy atom. The second-order valence-corrected chi connectivity index (χ2v) is 6.51. The lowest BCUT2D eigenvalue weighted by Gasteiger charge is -2.06. The summed E-state index contributed by atoms with van der Waals surface area (Å²) in [6, 6.07) is 13.3. The first-order valence-corrected chi connectivity index (χ1v) is 8.48. The number of aryl methyl sites for hydroxylation is 1. The Labute approximate surface area is 144 Å². The monoisotopic (exact) mass is 340 g/mol. The zero-order chi connectivity index (χ0) is 16.7. The van der Waals surface area contributed by atoms with Crippen molar-refractivity contribution in [2.24, 2.45) is 5.92 Å². The highest BCUT2D eigenvalue weighted by Gasteiger charge is 2.44. The van der Waals surface area contributed by atoms with Crippen LogP contribution in [0.1, 0.15) is 30.7 Å². The summed E-state index contributed by atoms with van der Waals surface area (Å²) in [4.78, 5) is 16.9. The number of amides is 1. The predicted molar refractivity (Wildman–Crippen MR) is 94.3 cm³/mol. The first-order chi connectivity index (χ1) is 11.7. The maximum atomic E-state index is 12.5. The van der Waals surface area contributed by atoms with E-state index in [4.69, 9.17) is 16.0 Å². The molecule has 1 saturated carbocycles. The van der Waals surface area contributed by atoms with Gasteiger partial charge in [-0.25, -0.2) is 4.98 Å². The minimum Gasteiger partial charge on any atom is -0.441 e. The fraction of sp³-hybridized carbons (Fsp3) is 0.263. The van der Waals surface area contributed by atoms with Crippen LogP contribution in [0, 0.1) is 5.92 Å². The maximum absolute atomic E-state index is 12.5. The second-order valence-electron chi connectivity index (χ2n) is 6.10. The molecular formula is C19H17ClN2O2. The molecule has 1 amide bonds. The fourth-order valence-electron chi connectivity index (χ4n) is 3.04. The molecule has 1 aliphatic carbocycles. The number of aromatic nitrogens is 1. The highest BCUT2D eigenvalue weighted by atomic mass is 35.5. The third kappa shape index (κ3) is 2.78. The SMILES string of the molecule is CCc1nc2cc(NC(=O)C3CC3c3ccccc3Cl)ccc2o1. The number of hydrogen-bond donors (Lipinski definition) is 1. The van der Waals surface area contributed by atoms with E-state index in [9.17, 15) is 4.79 Å². The molecule has 2 aromatic carbocycles. The number of carbonyl (C=O) groups excluding carboxylic acids is 1. The highest BCUT2D eigenvalue weighted by molar-refractivity contribution is 6.31. The third-order valence-electron chi connectivity index (χ3n) is 4.43. The zero-order valence-corrected chi connectivity index (χ0v) is 14.0. The van der Waals surface area contributed by atoms with Gasteiger partial charge in [-0.1, -0.05) is 36.7 Å². The molecule has 24 heavy (non-hydrogen) atoms. The highest BCUT2D eigenvalue weighted by Crippen LogP contribution is 2.50. The Morgan fingerprint density at radius 1 is 1.33 bits per heavy atom. The van der Waals surface area contributed by atoms with Crippen molar-refractivity contribution in [1.29, 1.82) is 0 Å². The van der Waals surface area contributed by atoms with Crippen molar-refractivity contribution in [3.8, 4) is 0 Å². The van der Waals surface area contributed by atoms with Crippen LogP contribution < -0.4 is 5.32 Å². The number of benzene rings is 2. The van der Waals surface area contributed by atoms with Crippen molar-refractivity contribution in [2.45, 2.75) is 25.7 Å². The molecular weight excluding hydrogens is 324 g/mol. The standard InChI is InChI=1S/C19H17ClN2O2/c1-2-18-22-16-9-11(7-8-17(16)24-18)21-19(23)14-10-13(14)12-5-3-4-6-15(12)20/h3-9,13-14H,2,10H2,1H3,(H,21,23). The van der Waals surface area contributed by atoms with E-state index in [1.807, 2.05) is 49.4 Å². The fourth-order valence-corrected chi connectivity index (χ4v) is 3.32. The van der Waals surface area contributed by atoms with Crippen LogP contribution in [0.2, 0.25) is 5.02 Å². The number of hydrogen-bond acceptors (Lipinski definition) is 3. The van der Waals surface area contributed by atoms with Gasteiger partial charge in [0.15, 0.2) is 11.5 Å². The summed E-state index contributed by atoms with van der Waals surface area (Å²) >= 11 is 6.22. The molecule has 1 aromatic heterocycles. The molecule has 2 unspecified atom stereocenters. The molecule has 3 aromatic rings. The molecule has 1 N–H and O–H groups in total. The van der Waals surface area contributed by atoms with Crippen molar-refractivity contribution in [1.82, 2.24) is 4.98 Å². The van der Waals surface area contributed by atoms with Gasteiger partial charge in [-0.15, -0.1) is 0 Å². The molecule has 4 nitrogen and oxygen atoms in total. The Hall–Kier alpha value is -2.33. The number of nitrogens with one attached hydrogen (secondary N) is 1. The average Bonchev–Trinajstić information content (AvgIpc) is 3.27. The number of nitrogens with zero attached hydrogens (tertiary/aromatic N) is 1. The number of anilines is 1. The topological polar surface area (TPSA) is 55.1 Å². The van der Waals surface area contributed by atoms with Crippen LogP contribution in [0.3, 0.4) is 0 Å². The van der Waals surface area contributed by atoms with Crippen LogP contribution in [-0.2, 0) is 11.2 Å². The van der Waals surface area contributed by atoms with E-state index >= 15 is 0 Å². The van der Waals surface area contributed by atoms with E-state index in [0.717, 1.165) is 40.2 Å². The lowest BCUT2D eigenvalue weighted by Crippen LogP contribution is -2.14. The number of carbonyl (C=O) groups is 1. The van der Waals surface area contributed by atoms with Crippen LogP contribution in [0.15, 0.2) is 46.9 Å². The molecule has 5 heteroatoms. The number of oxazole rings is 1. The molecule has 0 aliphatic heterocycles. The summed E-state index contributed by atoms with van der Waals surface area (Å²) in [7, 11) is 0. The minimum atomic E-state index is -0.0240. The van der Waals surface area contributed by atoms with Crippen LogP contribution in [0.4, 0.5) is 5.69 Å². The van der Waals surface area contributed by atoms with Crippen molar-refractivity contribution in [2.75, 3.05) is 5.32 Å². The van der Waals surface area contributed by atoms with Crippen molar-refractivity contribution in [3.63, 3.8) is 0 Å². The average molecular weight is 341 g/mol. The molecule has 2 atom stereocenters. The van der Waals surface area contributed by atoms with Crippen LogP contribution in [0.5, 0.6) is 0 Å². The first kappa shape index (κ1) is 15.2. The van der Waals surface area contributed by atoms with E-state index in [0.29, 0.717) is 5.89 Å². The van der Waals surface area contributed by atoms with Crippen molar-refractivity contribution < 1.29 is 9.21 Å². The summed E-state index contributed by atoms with van der Waals surface area (Å²) in [5.41, 5.74) is 3.31. The number of rotatable bonds is 4. The van der Waals surface area contributed by atoms with Gasteiger partial charge in [0.25, 0.3) is 0 Å². The minimum absolute atomic E-state index is 0.0240. The Morgan fingerprint density at radius 3 is 2.96 bits per heavy atom. The van der Waals surface area contributed by atoms with Crippen LogP contribution in [0.25, 0.3) is 11.1 Å². The van der Waals surface area contributed by atoms with Crippen LogP contribution >= 0.6 is 11.6 Å². The Balaban J connectivity index is 1.48. The van der Waals surface area contributed by atoms with Crippen molar-refractivity contribution >= 4 is 34.3 Å². The van der Waals surface area contributed by atoms with Crippen LogP contribution in [-0.4, -0.2) is 10.9 Å². The molecule has 1 heterocycles. The molecule has 1 aliphatic rings. The van der Waals surface area contributed by atoms with E-state index in [2.05, 4.69) is 10.3 Å². The first-order valence-electron chi connectivity index (χ1n) is 8.10. The van der Waals surface area contributed by atoms with Gasteiger partial charge < -0.3 is 9.73 Å². The predicted octanol–water partition coefficient (Wildman–Crippen LogP) is 4.79. The lowest BCUT2D eigenvalue weighted by molar-refractivity contribution is -0.117. The number of fused-ring (bicyclic) bond motifs is 1. The van der Waals surface area contributed by atoms with E-state index in [1.165, 1.54) is 0 Å². The van der Waals surface area contributed by atoms with Gasteiger partial charge in [-0.2, -0.15) is 0 Å². The Bertz CT molecular complexity index is 919. The molecule has 0 spiro atoms. The van der Waals surface area contributed by atoms with Gasteiger partial charge >= 0.3 is 0 Å². The summed E-state index contributed by atoms with van der Waals surface area (Å²) < 4.78 is 5.59. The van der Waals surface area contributed by atoms with Crippen molar-refractivity contribution in [3.05, 3.63) is 58.9 Å². The summed E-state index contributed by atoms with van der Waals surface area (Å²) in [6.07, 6.45) is 1.58. The van der Waals surface area contributed by atoms with Gasteiger partial charge in [-0.3, -0.25) is 4.79 Å². The quantitative estimate of drug-likeness (QED) is 0.743. The van der Waals surface area contributed by atoms with E-state index in [-0.39, 0.29) is 17.7 Å². The van der Waals surface area contributed by atoms with E-state index < -0.39 is 0 Å². The second kappa shape index (κ2) is 5.95. The maximum Gasteiger partial charge on any atom is 0.228 e. The molecule has 0 saturated heterocycles. The normalized spacial score (nSPS) is 19.4. The van der Waals surface area contributed by atoms with Gasteiger partial charge in [-0.05, 0) is 42.2 Å².